The average molecular weight is 197 g/mol. The van der Waals surface area contributed by atoms with Crippen LogP contribution in [0.15, 0.2) is 14.7 Å². The summed E-state index contributed by atoms with van der Waals surface area (Å²) in [4.78, 5) is 22.9. The van der Waals surface area contributed by atoms with Crippen molar-refractivity contribution in [3.63, 3.8) is 0 Å². The Morgan fingerprint density at radius 2 is 1.86 bits per heavy atom. The van der Waals surface area contributed by atoms with E-state index in [1.807, 2.05) is 0 Å². The van der Waals surface area contributed by atoms with E-state index in [0.717, 1.165) is 10.8 Å². The van der Waals surface area contributed by atoms with Gasteiger partial charge in [-0.1, -0.05) is 5.16 Å². The van der Waals surface area contributed by atoms with Crippen molar-refractivity contribution in [2.45, 2.75) is 6.92 Å². The molecule has 14 heavy (non-hydrogen) atoms. The maximum atomic E-state index is 11.5. The largest absolute Gasteiger partial charge is 0.411 e. The second-order valence-corrected chi connectivity index (χ2v) is 2.95. The van der Waals surface area contributed by atoms with Gasteiger partial charge in [0.2, 0.25) is 0 Å². The topological polar surface area (TPSA) is 76.6 Å². The Bertz CT molecular complexity index is 496. The van der Waals surface area contributed by atoms with Crippen molar-refractivity contribution in [3.8, 4) is 0 Å². The molecule has 1 N–H and O–H groups in total. The van der Waals surface area contributed by atoms with Crippen molar-refractivity contribution >= 4 is 6.21 Å². The molecule has 0 spiro atoms. The minimum atomic E-state index is -0.469. The number of aromatic nitrogens is 2. The van der Waals surface area contributed by atoms with Crippen LogP contribution in [0.25, 0.3) is 0 Å². The SMILES string of the molecule is Cc1c(/C=N/O)c(=O)n(C)c(=O)n1C. The molecule has 0 bridgehead atoms. The highest BCUT2D eigenvalue weighted by atomic mass is 16.4. The van der Waals surface area contributed by atoms with Crippen LogP contribution in [-0.2, 0) is 14.1 Å². The summed E-state index contributed by atoms with van der Waals surface area (Å²) >= 11 is 0. The van der Waals surface area contributed by atoms with Crippen molar-refractivity contribution in [2.24, 2.45) is 19.3 Å². The molecule has 0 saturated heterocycles. The van der Waals surface area contributed by atoms with Gasteiger partial charge in [-0.2, -0.15) is 0 Å². The maximum Gasteiger partial charge on any atom is 0.330 e. The molecule has 6 nitrogen and oxygen atoms in total. The Morgan fingerprint density at radius 3 is 2.36 bits per heavy atom. The molecule has 0 saturated carbocycles. The first-order valence-corrected chi connectivity index (χ1v) is 3.94. The lowest BCUT2D eigenvalue weighted by atomic mass is 10.2. The Kier molecular flexibility index (Phi) is 2.55. The monoisotopic (exact) mass is 197 g/mol. The fraction of sp³-hybridized carbons (Fsp3) is 0.375. The van der Waals surface area contributed by atoms with Gasteiger partial charge < -0.3 is 9.77 Å². The molecule has 0 aromatic carbocycles. The minimum Gasteiger partial charge on any atom is -0.411 e. The molecule has 1 aromatic heterocycles. The normalized spacial score (nSPS) is 11.1. The zero-order chi connectivity index (χ0) is 10.9. The highest BCUT2D eigenvalue weighted by molar-refractivity contribution is 5.79. The first-order valence-electron chi connectivity index (χ1n) is 3.94. The van der Waals surface area contributed by atoms with E-state index in [1.54, 1.807) is 14.0 Å². The van der Waals surface area contributed by atoms with Crippen LogP contribution in [0.3, 0.4) is 0 Å². The van der Waals surface area contributed by atoms with Gasteiger partial charge in [0.15, 0.2) is 0 Å². The second kappa shape index (κ2) is 3.49. The Hall–Kier alpha value is -1.85. The summed E-state index contributed by atoms with van der Waals surface area (Å²) < 4.78 is 2.28. The predicted octanol–water partition coefficient (Wildman–Crippen LogP) is -0.799. The van der Waals surface area contributed by atoms with Gasteiger partial charge in [0.25, 0.3) is 5.56 Å². The van der Waals surface area contributed by atoms with Crippen molar-refractivity contribution in [3.05, 3.63) is 32.1 Å². The number of hydrogen-bond acceptors (Lipinski definition) is 4. The van der Waals surface area contributed by atoms with E-state index in [-0.39, 0.29) is 5.56 Å². The van der Waals surface area contributed by atoms with E-state index in [4.69, 9.17) is 5.21 Å². The lowest BCUT2D eigenvalue weighted by Crippen LogP contribution is -2.40. The fourth-order valence-electron chi connectivity index (χ4n) is 1.18. The first kappa shape index (κ1) is 10.2. The molecule has 1 aromatic rings. The van der Waals surface area contributed by atoms with Crippen molar-refractivity contribution in [2.75, 3.05) is 0 Å². The summed E-state index contributed by atoms with van der Waals surface area (Å²) in [6.45, 7) is 1.61. The summed E-state index contributed by atoms with van der Waals surface area (Å²) in [6, 6.07) is 0. The number of hydrogen-bond donors (Lipinski definition) is 1. The molecule has 76 valence electrons. The van der Waals surface area contributed by atoms with Gasteiger partial charge in [-0.25, -0.2) is 4.79 Å². The van der Waals surface area contributed by atoms with Crippen LogP contribution in [0.4, 0.5) is 0 Å². The van der Waals surface area contributed by atoms with E-state index in [0.29, 0.717) is 5.69 Å². The van der Waals surface area contributed by atoms with E-state index < -0.39 is 11.2 Å². The molecule has 0 fully saturated rings. The molecule has 1 rings (SSSR count). The van der Waals surface area contributed by atoms with Crippen LogP contribution in [0, 0.1) is 6.92 Å². The summed E-state index contributed by atoms with van der Waals surface area (Å²) in [6.07, 6.45) is 1.02. The molecule has 0 unspecified atom stereocenters. The van der Waals surface area contributed by atoms with Crippen LogP contribution in [-0.4, -0.2) is 20.6 Å². The van der Waals surface area contributed by atoms with E-state index >= 15 is 0 Å². The first-order chi connectivity index (χ1) is 6.50. The van der Waals surface area contributed by atoms with Crippen LogP contribution in [0.5, 0.6) is 0 Å². The van der Waals surface area contributed by atoms with E-state index in [2.05, 4.69) is 5.16 Å². The summed E-state index contributed by atoms with van der Waals surface area (Å²) in [5, 5.41) is 11.1. The predicted molar refractivity (Wildman–Crippen MR) is 51.0 cm³/mol. The quantitative estimate of drug-likeness (QED) is 0.364. The van der Waals surface area contributed by atoms with Crippen LogP contribution in [0.2, 0.25) is 0 Å². The molecule has 0 aliphatic rings. The third kappa shape index (κ3) is 1.34. The molecule has 0 atom stereocenters. The fourth-order valence-corrected chi connectivity index (χ4v) is 1.18. The van der Waals surface area contributed by atoms with Crippen molar-refractivity contribution in [1.29, 1.82) is 0 Å². The van der Waals surface area contributed by atoms with Crippen molar-refractivity contribution < 1.29 is 5.21 Å². The number of oxime groups is 1. The molecule has 0 amide bonds. The average Bonchev–Trinajstić information content (AvgIpc) is 2.19. The third-order valence-corrected chi connectivity index (χ3v) is 2.19. The van der Waals surface area contributed by atoms with Gasteiger partial charge in [0.1, 0.15) is 0 Å². The van der Waals surface area contributed by atoms with E-state index in [9.17, 15) is 9.59 Å². The zero-order valence-electron chi connectivity index (χ0n) is 8.18. The summed E-state index contributed by atoms with van der Waals surface area (Å²) in [7, 11) is 2.92. The lowest BCUT2D eigenvalue weighted by molar-refractivity contribution is 0.321. The maximum absolute atomic E-state index is 11.5. The van der Waals surface area contributed by atoms with Gasteiger partial charge in [-0.05, 0) is 6.92 Å². The third-order valence-electron chi connectivity index (χ3n) is 2.19. The number of nitrogens with zero attached hydrogens (tertiary/aromatic N) is 3. The number of rotatable bonds is 1. The second-order valence-electron chi connectivity index (χ2n) is 2.95. The zero-order valence-corrected chi connectivity index (χ0v) is 8.18. The van der Waals surface area contributed by atoms with Gasteiger partial charge >= 0.3 is 5.69 Å². The van der Waals surface area contributed by atoms with Crippen LogP contribution >= 0.6 is 0 Å². The Morgan fingerprint density at radius 1 is 1.29 bits per heavy atom. The molecule has 0 aliphatic heterocycles. The summed E-state index contributed by atoms with van der Waals surface area (Å²) in [5.74, 6) is 0. The molecule has 6 heteroatoms. The van der Waals surface area contributed by atoms with Gasteiger partial charge in [-0.3, -0.25) is 9.36 Å². The minimum absolute atomic E-state index is 0.206. The molecule has 0 radical (unpaired) electrons. The van der Waals surface area contributed by atoms with Crippen molar-refractivity contribution in [1.82, 2.24) is 9.13 Å². The highest BCUT2D eigenvalue weighted by Crippen LogP contribution is 1.94. The van der Waals surface area contributed by atoms with Crippen LogP contribution in [0.1, 0.15) is 11.3 Å². The lowest BCUT2D eigenvalue weighted by Gasteiger charge is -2.07. The van der Waals surface area contributed by atoms with Gasteiger partial charge in [-0.15, -0.1) is 0 Å². The van der Waals surface area contributed by atoms with Crippen LogP contribution < -0.4 is 11.2 Å². The summed E-state index contributed by atoms with van der Waals surface area (Å²) in [5.41, 5.74) is -0.195. The Balaban J connectivity index is 3.78. The van der Waals surface area contributed by atoms with Gasteiger partial charge in [0, 0.05) is 19.8 Å². The standard InChI is InChI=1S/C8H11N3O3/c1-5-6(4-9-14)7(12)11(3)8(13)10(5)2/h4,14H,1-3H3/b9-4+. The Labute approximate surface area is 79.7 Å². The smallest absolute Gasteiger partial charge is 0.330 e. The molecule has 0 aliphatic carbocycles. The van der Waals surface area contributed by atoms with Gasteiger partial charge in [0.05, 0.1) is 11.8 Å². The molecular weight excluding hydrogens is 186 g/mol. The van der Waals surface area contributed by atoms with E-state index in [1.165, 1.54) is 11.6 Å². The molecular formula is C8H11N3O3. The highest BCUT2D eigenvalue weighted by Gasteiger charge is 2.09. The molecule has 1 heterocycles.